The van der Waals surface area contributed by atoms with Crippen LogP contribution in [0.3, 0.4) is 0 Å². The van der Waals surface area contributed by atoms with E-state index in [0.29, 0.717) is 16.8 Å². The second kappa shape index (κ2) is 5.85. The second-order valence-electron chi connectivity index (χ2n) is 4.92. The van der Waals surface area contributed by atoms with Crippen LogP contribution in [0.25, 0.3) is 22.4 Å². The third kappa shape index (κ3) is 2.74. The first-order chi connectivity index (χ1) is 11.1. The highest BCUT2D eigenvalue weighted by atomic mass is 19.1. The van der Waals surface area contributed by atoms with Gasteiger partial charge in [-0.15, -0.1) is 0 Å². The number of nitrogens with two attached hydrogens (primary N) is 1. The lowest BCUT2D eigenvalue weighted by atomic mass is 9.98. The first kappa shape index (κ1) is 14.7. The average molecular weight is 307 g/mol. The Balaban J connectivity index is 2.27. The first-order valence-electron chi connectivity index (χ1n) is 6.81. The van der Waals surface area contributed by atoms with E-state index in [2.05, 4.69) is 4.98 Å². The lowest BCUT2D eigenvalue weighted by Crippen LogP contribution is -2.00. The van der Waals surface area contributed by atoms with Crippen LogP contribution < -0.4 is 5.73 Å². The normalized spacial score (nSPS) is 10.3. The lowest BCUT2D eigenvalue weighted by Gasteiger charge is -2.10. The van der Waals surface area contributed by atoms with E-state index in [9.17, 15) is 14.0 Å². The van der Waals surface area contributed by atoms with E-state index < -0.39 is 11.6 Å². The summed E-state index contributed by atoms with van der Waals surface area (Å²) in [4.78, 5) is 4.11. The van der Waals surface area contributed by atoms with Gasteiger partial charge >= 0.3 is 0 Å². The van der Waals surface area contributed by atoms with Crippen LogP contribution in [0, 0.1) is 23.0 Å². The van der Waals surface area contributed by atoms with Crippen LogP contribution in [-0.4, -0.2) is 4.98 Å². The molecule has 0 aliphatic heterocycles. The molecule has 0 fully saturated rings. The summed E-state index contributed by atoms with van der Waals surface area (Å²) in [6.45, 7) is 0. The number of nitriles is 1. The van der Waals surface area contributed by atoms with Gasteiger partial charge in [0.05, 0.1) is 5.69 Å². The van der Waals surface area contributed by atoms with Gasteiger partial charge in [0.15, 0.2) is 0 Å². The molecule has 1 aromatic heterocycles. The molecule has 0 unspecified atom stereocenters. The third-order valence-electron chi connectivity index (χ3n) is 3.44. The largest absolute Gasteiger partial charge is 0.383 e. The molecule has 0 aliphatic rings. The minimum atomic E-state index is -0.450. The Morgan fingerprint density at radius 1 is 0.957 bits per heavy atom. The Hall–Kier alpha value is -3.26. The molecule has 0 aliphatic carbocycles. The summed E-state index contributed by atoms with van der Waals surface area (Å²) in [7, 11) is 0. The molecule has 2 N–H and O–H groups in total. The zero-order chi connectivity index (χ0) is 16.4. The van der Waals surface area contributed by atoms with Crippen molar-refractivity contribution >= 4 is 5.82 Å². The maximum Gasteiger partial charge on any atom is 0.142 e. The van der Waals surface area contributed by atoms with Crippen LogP contribution in [0.2, 0.25) is 0 Å². The molecular formula is C18H11F2N3. The minimum Gasteiger partial charge on any atom is -0.383 e. The minimum absolute atomic E-state index is 0.0208. The summed E-state index contributed by atoms with van der Waals surface area (Å²) < 4.78 is 27.5. The van der Waals surface area contributed by atoms with Crippen LogP contribution in [0.15, 0.2) is 54.6 Å². The molecule has 3 rings (SSSR count). The van der Waals surface area contributed by atoms with Gasteiger partial charge in [0, 0.05) is 11.1 Å². The molecule has 2 aromatic carbocycles. The third-order valence-corrected chi connectivity index (χ3v) is 3.44. The Bertz CT molecular complexity index is 930. The molecule has 23 heavy (non-hydrogen) atoms. The molecule has 3 nitrogen and oxygen atoms in total. The molecule has 1 heterocycles. The van der Waals surface area contributed by atoms with Gasteiger partial charge in [-0.3, -0.25) is 0 Å². The fraction of sp³-hybridized carbons (Fsp3) is 0. The second-order valence-corrected chi connectivity index (χ2v) is 4.92. The molecule has 0 saturated carbocycles. The molecule has 5 heteroatoms. The number of pyridine rings is 1. The van der Waals surface area contributed by atoms with E-state index in [0.717, 1.165) is 0 Å². The Labute approximate surface area is 131 Å². The van der Waals surface area contributed by atoms with Gasteiger partial charge in [0.1, 0.15) is 29.1 Å². The highest BCUT2D eigenvalue weighted by Crippen LogP contribution is 2.32. The van der Waals surface area contributed by atoms with E-state index in [1.807, 2.05) is 6.07 Å². The van der Waals surface area contributed by atoms with Crippen LogP contribution in [0.4, 0.5) is 14.6 Å². The predicted octanol–water partition coefficient (Wildman–Crippen LogP) is 4.15. The van der Waals surface area contributed by atoms with Crippen molar-refractivity contribution in [3.05, 3.63) is 71.8 Å². The summed E-state index contributed by atoms with van der Waals surface area (Å²) in [6, 6.07) is 15.4. The number of nitrogen functional groups attached to an aromatic ring is 1. The maximum atomic E-state index is 14.0. The molecule has 0 saturated heterocycles. The number of aromatic nitrogens is 1. The van der Waals surface area contributed by atoms with Gasteiger partial charge in [-0.25, -0.2) is 13.8 Å². The van der Waals surface area contributed by atoms with Crippen LogP contribution in [0.1, 0.15) is 5.56 Å². The SMILES string of the molecule is N#Cc1c(-c2cccc(F)c2)cc(-c2ccccc2F)nc1N. The van der Waals surface area contributed by atoms with E-state index >= 15 is 0 Å². The van der Waals surface area contributed by atoms with Gasteiger partial charge in [0.25, 0.3) is 0 Å². The zero-order valence-corrected chi connectivity index (χ0v) is 11.9. The Morgan fingerprint density at radius 3 is 2.43 bits per heavy atom. The summed E-state index contributed by atoms with van der Waals surface area (Å²) >= 11 is 0. The topological polar surface area (TPSA) is 62.7 Å². The summed E-state index contributed by atoms with van der Waals surface area (Å²) in [6.07, 6.45) is 0. The standard InChI is InChI=1S/C18H11F2N3/c19-12-5-3-4-11(8-12)14-9-17(23-18(22)15(14)10-21)13-6-1-2-7-16(13)20/h1-9H,(H2,22,23). The lowest BCUT2D eigenvalue weighted by molar-refractivity contribution is 0.628. The van der Waals surface area contributed by atoms with E-state index in [-0.39, 0.29) is 16.9 Å². The van der Waals surface area contributed by atoms with E-state index in [1.54, 1.807) is 30.3 Å². The molecule has 0 atom stereocenters. The highest BCUT2D eigenvalue weighted by Gasteiger charge is 2.15. The van der Waals surface area contributed by atoms with Crippen molar-refractivity contribution in [2.75, 3.05) is 5.73 Å². The number of halogens is 2. The maximum absolute atomic E-state index is 14.0. The number of rotatable bonds is 2. The van der Waals surface area contributed by atoms with Crippen LogP contribution in [-0.2, 0) is 0 Å². The van der Waals surface area contributed by atoms with Crippen molar-refractivity contribution < 1.29 is 8.78 Å². The molecule has 0 amide bonds. The van der Waals surface area contributed by atoms with Crippen LogP contribution in [0.5, 0.6) is 0 Å². The van der Waals surface area contributed by atoms with Crippen LogP contribution >= 0.6 is 0 Å². The van der Waals surface area contributed by atoms with Crippen molar-refractivity contribution in [2.24, 2.45) is 0 Å². The molecule has 112 valence electrons. The highest BCUT2D eigenvalue weighted by molar-refractivity contribution is 5.80. The van der Waals surface area contributed by atoms with Crippen molar-refractivity contribution in [3.8, 4) is 28.5 Å². The smallest absolute Gasteiger partial charge is 0.142 e. The van der Waals surface area contributed by atoms with Crippen molar-refractivity contribution in [1.82, 2.24) is 4.98 Å². The summed E-state index contributed by atoms with van der Waals surface area (Å²) in [5.74, 6) is -0.906. The Kier molecular flexibility index (Phi) is 3.73. The van der Waals surface area contributed by atoms with E-state index in [4.69, 9.17) is 5.73 Å². The summed E-state index contributed by atoms with van der Waals surface area (Å²) in [5, 5.41) is 9.31. The average Bonchev–Trinajstić information content (AvgIpc) is 2.54. The summed E-state index contributed by atoms with van der Waals surface area (Å²) in [5.41, 5.74) is 7.43. The van der Waals surface area contributed by atoms with Gasteiger partial charge in [-0.1, -0.05) is 24.3 Å². The molecule has 0 spiro atoms. The molecule has 0 radical (unpaired) electrons. The fourth-order valence-electron chi connectivity index (χ4n) is 2.37. The molecule has 0 bridgehead atoms. The Morgan fingerprint density at radius 2 is 1.74 bits per heavy atom. The first-order valence-corrected chi connectivity index (χ1v) is 6.81. The van der Waals surface area contributed by atoms with Gasteiger partial charge in [0.2, 0.25) is 0 Å². The van der Waals surface area contributed by atoms with Gasteiger partial charge < -0.3 is 5.73 Å². The molecule has 3 aromatic rings. The van der Waals surface area contributed by atoms with Gasteiger partial charge in [-0.05, 0) is 35.9 Å². The van der Waals surface area contributed by atoms with Crippen molar-refractivity contribution in [3.63, 3.8) is 0 Å². The van der Waals surface area contributed by atoms with Crippen molar-refractivity contribution in [1.29, 1.82) is 5.26 Å². The number of hydrogen-bond donors (Lipinski definition) is 1. The quantitative estimate of drug-likeness (QED) is 0.773. The van der Waals surface area contributed by atoms with Crippen molar-refractivity contribution in [2.45, 2.75) is 0 Å². The van der Waals surface area contributed by atoms with E-state index in [1.165, 1.54) is 24.3 Å². The number of nitrogens with zero attached hydrogens (tertiary/aromatic N) is 2. The number of hydrogen-bond acceptors (Lipinski definition) is 3. The number of benzene rings is 2. The van der Waals surface area contributed by atoms with Gasteiger partial charge in [-0.2, -0.15) is 5.26 Å². The monoisotopic (exact) mass is 307 g/mol. The predicted molar refractivity (Wildman–Crippen MR) is 84.2 cm³/mol. The number of anilines is 1. The fourth-order valence-corrected chi connectivity index (χ4v) is 2.37. The zero-order valence-electron chi connectivity index (χ0n) is 11.9. The molecular weight excluding hydrogens is 296 g/mol.